The molecule has 2 aliphatic rings. The van der Waals surface area contributed by atoms with Crippen LogP contribution in [0.15, 0.2) is 53.4 Å². The maximum absolute atomic E-state index is 14.4. The SMILES string of the molecule is O=C(NCC(c1ccccc1)N1CCCC1)c1ccc(F)c(S(=O)(=O)N2CCCC2)c1. The first-order valence-electron chi connectivity index (χ1n) is 10.8. The Hall–Kier alpha value is -2.29. The van der Waals surface area contributed by atoms with E-state index in [0.29, 0.717) is 19.6 Å². The molecule has 2 heterocycles. The monoisotopic (exact) mass is 445 g/mol. The molecule has 1 amide bonds. The standard InChI is InChI=1S/C23H28FN3O3S/c24-20-11-10-19(16-22(20)31(29,30)27-14-6-7-15-27)23(28)25-17-21(26-12-4-5-13-26)18-8-2-1-3-9-18/h1-3,8-11,16,21H,4-7,12-15,17H2,(H,25,28). The molecule has 1 N–H and O–H groups in total. The van der Waals surface area contributed by atoms with Crippen LogP contribution in [0, 0.1) is 5.82 Å². The van der Waals surface area contributed by atoms with E-state index >= 15 is 0 Å². The zero-order chi connectivity index (χ0) is 21.8. The lowest BCUT2D eigenvalue weighted by Crippen LogP contribution is -2.37. The van der Waals surface area contributed by atoms with E-state index in [4.69, 9.17) is 0 Å². The zero-order valence-corrected chi connectivity index (χ0v) is 18.3. The van der Waals surface area contributed by atoms with Crippen molar-refractivity contribution in [1.29, 1.82) is 0 Å². The number of hydrogen-bond donors (Lipinski definition) is 1. The zero-order valence-electron chi connectivity index (χ0n) is 17.5. The van der Waals surface area contributed by atoms with Gasteiger partial charge in [-0.15, -0.1) is 0 Å². The molecule has 1 atom stereocenters. The number of rotatable bonds is 7. The first kappa shape index (κ1) is 21.9. The highest BCUT2D eigenvalue weighted by atomic mass is 32.2. The summed E-state index contributed by atoms with van der Waals surface area (Å²) in [6.07, 6.45) is 3.79. The van der Waals surface area contributed by atoms with Crippen LogP contribution < -0.4 is 5.32 Å². The van der Waals surface area contributed by atoms with Crippen LogP contribution in [0.1, 0.15) is 47.6 Å². The van der Waals surface area contributed by atoms with Gasteiger partial charge in [0, 0.05) is 25.2 Å². The number of carbonyl (C=O) groups is 1. The van der Waals surface area contributed by atoms with Gasteiger partial charge in [-0.05, 0) is 62.5 Å². The number of halogens is 1. The molecule has 2 aliphatic heterocycles. The summed E-state index contributed by atoms with van der Waals surface area (Å²) in [6.45, 7) is 3.11. The average Bonchev–Trinajstić information content (AvgIpc) is 3.50. The lowest BCUT2D eigenvalue weighted by atomic mass is 10.1. The van der Waals surface area contributed by atoms with Crippen molar-refractivity contribution in [1.82, 2.24) is 14.5 Å². The third-order valence-corrected chi connectivity index (χ3v) is 8.01. The van der Waals surface area contributed by atoms with Crippen LogP contribution in [0.5, 0.6) is 0 Å². The van der Waals surface area contributed by atoms with Crippen molar-refractivity contribution in [2.24, 2.45) is 0 Å². The van der Waals surface area contributed by atoms with Crippen molar-refractivity contribution >= 4 is 15.9 Å². The Kier molecular flexibility index (Phi) is 6.69. The Balaban J connectivity index is 1.51. The van der Waals surface area contributed by atoms with Gasteiger partial charge in [0.2, 0.25) is 10.0 Å². The molecule has 0 radical (unpaired) electrons. The summed E-state index contributed by atoms with van der Waals surface area (Å²) in [5.74, 6) is -1.24. The Morgan fingerprint density at radius 2 is 1.61 bits per heavy atom. The molecule has 1 unspecified atom stereocenters. The molecule has 8 heteroatoms. The average molecular weight is 446 g/mol. The van der Waals surface area contributed by atoms with Gasteiger partial charge in [0.05, 0.1) is 6.04 Å². The van der Waals surface area contributed by atoms with E-state index in [9.17, 15) is 17.6 Å². The fraction of sp³-hybridized carbons (Fsp3) is 0.435. The summed E-state index contributed by atoms with van der Waals surface area (Å²) in [4.78, 5) is 14.8. The summed E-state index contributed by atoms with van der Waals surface area (Å²) in [7, 11) is -3.94. The van der Waals surface area contributed by atoms with Gasteiger partial charge in [-0.1, -0.05) is 30.3 Å². The Bertz CT molecular complexity index is 1020. The summed E-state index contributed by atoms with van der Waals surface area (Å²) in [5.41, 5.74) is 1.27. The first-order chi connectivity index (χ1) is 15.0. The minimum Gasteiger partial charge on any atom is -0.350 e. The van der Waals surface area contributed by atoms with E-state index in [1.807, 2.05) is 30.3 Å². The maximum Gasteiger partial charge on any atom is 0.251 e. The van der Waals surface area contributed by atoms with Gasteiger partial charge >= 0.3 is 0 Å². The molecular formula is C23H28FN3O3S. The maximum atomic E-state index is 14.4. The van der Waals surface area contributed by atoms with Gasteiger partial charge < -0.3 is 5.32 Å². The van der Waals surface area contributed by atoms with Crippen LogP contribution in [-0.4, -0.2) is 56.3 Å². The van der Waals surface area contributed by atoms with Gasteiger partial charge in [0.1, 0.15) is 10.7 Å². The van der Waals surface area contributed by atoms with E-state index in [-0.39, 0.29) is 11.6 Å². The normalized spacial score (nSPS) is 18.9. The Morgan fingerprint density at radius 3 is 2.29 bits per heavy atom. The molecule has 0 aliphatic carbocycles. The van der Waals surface area contributed by atoms with Crippen LogP contribution in [0.4, 0.5) is 4.39 Å². The highest BCUT2D eigenvalue weighted by Crippen LogP contribution is 2.26. The molecule has 2 aromatic carbocycles. The van der Waals surface area contributed by atoms with E-state index in [1.165, 1.54) is 10.4 Å². The molecule has 0 spiro atoms. The third kappa shape index (κ3) is 4.81. The molecule has 166 valence electrons. The first-order valence-corrected chi connectivity index (χ1v) is 12.3. The van der Waals surface area contributed by atoms with Crippen LogP contribution in [0.25, 0.3) is 0 Å². The molecule has 2 fully saturated rings. The van der Waals surface area contributed by atoms with Gasteiger partial charge in [-0.3, -0.25) is 9.69 Å². The molecule has 2 saturated heterocycles. The second kappa shape index (κ2) is 9.46. The van der Waals surface area contributed by atoms with Crippen molar-refractivity contribution < 1.29 is 17.6 Å². The quantitative estimate of drug-likeness (QED) is 0.711. The number of likely N-dealkylation sites (tertiary alicyclic amines) is 1. The lowest BCUT2D eigenvalue weighted by molar-refractivity contribution is 0.0937. The minimum atomic E-state index is -3.94. The Morgan fingerprint density at radius 1 is 0.968 bits per heavy atom. The number of sulfonamides is 1. The summed E-state index contributed by atoms with van der Waals surface area (Å²) < 4.78 is 41.3. The predicted molar refractivity (Wildman–Crippen MR) is 117 cm³/mol. The summed E-state index contributed by atoms with van der Waals surface area (Å²) >= 11 is 0. The smallest absolute Gasteiger partial charge is 0.251 e. The molecule has 0 bridgehead atoms. The minimum absolute atomic E-state index is 0.0425. The van der Waals surface area contributed by atoms with Crippen LogP contribution in [0.3, 0.4) is 0 Å². The topological polar surface area (TPSA) is 69.7 Å². The molecule has 2 aromatic rings. The number of carbonyl (C=O) groups excluding carboxylic acids is 1. The van der Waals surface area contributed by atoms with Crippen molar-refractivity contribution in [2.45, 2.75) is 36.6 Å². The molecule has 6 nitrogen and oxygen atoms in total. The highest BCUT2D eigenvalue weighted by molar-refractivity contribution is 7.89. The van der Waals surface area contributed by atoms with Gasteiger partial charge in [-0.2, -0.15) is 4.31 Å². The number of amides is 1. The van der Waals surface area contributed by atoms with E-state index in [1.54, 1.807) is 0 Å². The molecular weight excluding hydrogens is 417 g/mol. The van der Waals surface area contributed by atoms with E-state index < -0.39 is 26.6 Å². The van der Waals surface area contributed by atoms with Crippen LogP contribution in [-0.2, 0) is 10.0 Å². The highest BCUT2D eigenvalue weighted by Gasteiger charge is 2.30. The molecule has 0 aromatic heterocycles. The van der Waals surface area contributed by atoms with Gasteiger partial charge in [0.15, 0.2) is 0 Å². The van der Waals surface area contributed by atoms with Crippen molar-refractivity contribution in [3.63, 3.8) is 0 Å². The number of nitrogens with one attached hydrogen (secondary N) is 1. The third-order valence-electron chi connectivity index (χ3n) is 6.10. The number of benzene rings is 2. The summed E-state index contributed by atoms with van der Waals surface area (Å²) in [6, 6.07) is 13.6. The predicted octanol–water partition coefficient (Wildman–Crippen LogP) is 3.18. The number of nitrogens with zero attached hydrogens (tertiary/aromatic N) is 2. The lowest BCUT2D eigenvalue weighted by Gasteiger charge is -2.28. The van der Waals surface area contributed by atoms with Crippen molar-refractivity contribution in [2.75, 3.05) is 32.7 Å². The van der Waals surface area contributed by atoms with Crippen molar-refractivity contribution in [3.05, 3.63) is 65.5 Å². The fourth-order valence-corrected chi connectivity index (χ4v) is 5.99. The fourth-order valence-electron chi connectivity index (χ4n) is 4.39. The summed E-state index contributed by atoms with van der Waals surface area (Å²) in [5, 5.41) is 2.93. The van der Waals surface area contributed by atoms with Gasteiger partial charge in [-0.25, -0.2) is 12.8 Å². The van der Waals surface area contributed by atoms with Gasteiger partial charge in [0.25, 0.3) is 5.91 Å². The second-order valence-electron chi connectivity index (χ2n) is 8.14. The molecule has 4 rings (SSSR count). The van der Waals surface area contributed by atoms with Crippen LogP contribution in [0.2, 0.25) is 0 Å². The molecule has 31 heavy (non-hydrogen) atoms. The van der Waals surface area contributed by atoms with Crippen LogP contribution >= 0.6 is 0 Å². The second-order valence-corrected chi connectivity index (χ2v) is 10.0. The van der Waals surface area contributed by atoms with E-state index in [0.717, 1.165) is 56.5 Å². The molecule has 0 saturated carbocycles. The largest absolute Gasteiger partial charge is 0.350 e. The number of hydrogen-bond acceptors (Lipinski definition) is 4. The van der Waals surface area contributed by atoms with E-state index in [2.05, 4.69) is 10.2 Å². The Labute approximate surface area is 183 Å². The van der Waals surface area contributed by atoms with Crippen molar-refractivity contribution in [3.8, 4) is 0 Å².